The normalized spacial score (nSPS) is 30.0. The fraction of sp³-hybridized carbons (Fsp3) is 1.00. The Hall–Kier alpha value is -0.290. The quantitative estimate of drug-likeness (QED) is 0.595. The third-order valence-electron chi connectivity index (χ3n) is 4.13. The van der Waals surface area contributed by atoms with E-state index in [1.807, 2.05) is 13.8 Å². The van der Waals surface area contributed by atoms with Gasteiger partial charge in [-0.15, -0.1) is 0 Å². The molecule has 0 aromatic rings. The molecule has 0 bridgehead atoms. The summed E-state index contributed by atoms with van der Waals surface area (Å²) < 4.78 is 38.1. The molecule has 0 aliphatic heterocycles. The molecule has 1 rings (SSSR count). The van der Waals surface area contributed by atoms with Crippen molar-refractivity contribution >= 4 is 0 Å². The summed E-state index contributed by atoms with van der Waals surface area (Å²) in [4.78, 5) is 0. The molecule has 102 valence electrons. The first-order valence-corrected chi connectivity index (χ1v) is 6.43. The van der Waals surface area contributed by atoms with E-state index >= 15 is 0 Å². The molecule has 1 aliphatic carbocycles. The van der Waals surface area contributed by atoms with Gasteiger partial charge in [0, 0.05) is 6.04 Å². The van der Waals surface area contributed by atoms with Crippen molar-refractivity contribution in [1.82, 2.24) is 5.43 Å². The van der Waals surface area contributed by atoms with Crippen LogP contribution in [-0.2, 0) is 0 Å². The number of alkyl halides is 3. The molecule has 0 amide bonds. The third-order valence-corrected chi connectivity index (χ3v) is 4.13. The van der Waals surface area contributed by atoms with Gasteiger partial charge in [-0.2, -0.15) is 13.2 Å². The van der Waals surface area contributed by atoms with Crippen LogP contribution in [0.2, 0.25) is 0 Å². The summed E-state index contributed by atoms with van der Waals surface area (Å²) in [5, 5.41) is 0. The van der Waals surface area contributed by atoms with Crippen molar-refractivity contribution in [1.29, 1.82) is 0 Å². The Morgan fingerprint density at radius 2 is 2.00 bits per heavy atom. The molecule has 3 N–H and O–H groups in total. The highest BCUT2D eigenvalue weighted by molar-refractivity contribution is 4.86. The van der Waals surface area contributed by atoms with Gasteiger partial charge in [0.15, 0.2) is 0 Å². The van der Waals surface area contributed by atoms with Crippen LogP contribution in [-0.4, -0.2) is 12.2 Å². The second-order valence-electron chi connectivity index (χ2n) is 5.24. The molecule has 0 aromatic carbocycles. The highest BCUT2D eigenvalue weighted by atomic mass is 19.4. The molecule has 17 heavy (non-hydrogen) atoms. The van der Waals surface area contributed by atoms with Gasteiger partial charge in [-0.05, 0) is 31.1 Å². The molecule has 1 saturated carbocycles. The topological polar surface area (TPSA) is 38.0 Å². The number of nitrogens with two attached hydrogens (primary N) is 1. The molecule has 4 unspecified atom stereocenters. The van der Waals surface area contributed by atoms with Gasteiger partial charge >= 0.3 is 6.18 Å². The van der Waals surface area contributed by atoms with Gasteiger partial charge in [0.1, 0.15) is 0 Å². The summed E-state index contributed by atoms with van der Waals surface area (Å²) in [5.74, 6) is 4.73. The molecule has 0 radical (unpaired) electrons. The minimum absolute atomic E-state index is 0.00477. The standard InChI is InChI=1S/C12H23F3N2/c1-3-8(2)11(17-16)9-5-4-6-10(7-9)12(13,14)15/h8-11,17H,3-7,16H2,1-2H3. The largest absolute Gasteiger partial charge is 0.391 e. The summed E-state index contributed by atoms with van der Waals surface area (Å²) in [6.07, 6.45) is -1.11. The first kappa shape index (κ1) is 14.8. The van der Waals surface area contributed by atoms with Crippen LogP contribution in [0.4, 0.5) is 13.2 Å². The fourth-order valence-electron chi connectivity index (χ4n) is 2.87. The predicted molar refractivity (Wildman–Crippen MR) is 62.1 cm³/mol. The number of nitrogens with one attached hydrogen (secondary N) is 1. The van der Waals surface area contributed by atoms with Gasteiger partial charge in [-0.25, -0.2) is 0 Å². The van der Waals surface area contributed by atoms with Crippen molar-refractivity contribution in [3.63, 3.8) is 0 Å². The monoisotopic (exact) mass is 252 g/mol. The van der Waals surface area contributed by atoms with E-state index in [1.165, 1.54) is 0 Å². The maximum Gasteiger partial charge on any atom is 0.391 e. The Labute approximate surface area is 101 Å². The zero-order chi connectivity index (χ0) is 13.1. The Kier molecular flexibility index (Phi) is 5.25. The molecular formula is C12H23F3N2. The highest BCUT2D eigenvalue weighted by Crippen LogP contribution is 2.41. The van der Waals surface area contributed by atoms with Gasteiger partial charge in [0.2, 0.25) is 0 Å². The van der Waals surface area contributed by atoms with Crippen LogP contribution in [0.25, 0.3) is 0 Å². The summed E-state index contributed by atoms with van der Waals surface area (Å²) in [6.45, 7) is 4.08. The van der Waals surface area contributed by atoms with E-state index in [-0.39, 0.29) is 24.8 Å². The van der Waals surface area contributed by atoms with E-state index < -0.39 is 12.1 Å². The van der Waals surface area contributed by atoms with Crippen molar-refractivity contribution in [2.75, 3.05) is 0 Å². The second-order valence-corrected chi connectivity index (χ2v) is 5.24. The van der Waals surface area contributed by atoms with Crippen molar-refractivity contribution < 1.29 is 13.2 Å². The summed E-state index contributed by atoms with van der Waals surface area (Å²) in [7, 11) is 0. The van der Waals surface area contributed by atoms with Crippen LogP contribution in [0.5, 0.6) is 0 Å². The molecule has 5 heteroatoms. The van der Waals surface area contributed by atoms with Crippen LogP contribution in [0.15, 0.2) is 0 Å². The minimum Gasteiger partial charge on any atom is -0.271 e. The number of halogens is 3. The molecule has 2 nitrogen and oxygen atoms in total. The number of rotatable bonds is 4. The van der Waals surface area contributed by atoms with E-state index in [9.17, 15) is 13.2 Å². The van der Waals surface area contributed by atoms with Gasteiger partial charge < -0.3 is 0 Å². The summed E-state index contributed by atoms with van der Waals surface area (Å²) in [6, 6.07) is 0.00477. The lowest BCUT2D eigenvalue weighted by Gasteiger charge is -2.37. The Morgan fingerprint density at radius 3 is 2.47 bits per heavy atom. The van der Waals surface area contributed by atoms with Crippen LogP contribution in [0.1, 0.15) is 46.0 Å². The van der Waals surface area contributed by atoms with Gasteiger partial charge in [-0.3, -0.25) is 11.3 Å². The van der Waals surface area contributed by atoms with Crippen LogP contribution in [0, 0.1) is 17.8 Å². The maximum atomic E-state index is 12.7. The van der Waals surface area contributed by atoms with Crippen LogP contribution in [0.3, 0.4) is 0 Å². The zero-order valence-corrected chi connectivity index (χ0v) is 10.6. The minimum atomic E-state index is -4.05. The number of hydrogen-bond donors (Lipinski definition) is 2. The average Bonchev–Trinajstić information content (AvgIpc) is 2.29. The molecule has 0 heterocycles. The Morgan fingerprint density at radius 1 is 1.35 bits per heavy atom. The first-order chi connectivity index (χ1) is 7.90. The first-order valence-electron chi connectivity index (χ1n) is 6.43. The number of hydrazine groups is 1. The van der Waals surface area contributed by atoms with E-state index in [1.54, 1.807) is 0 Å². The van der Waals surface area contributed by atoms with E-state index in [4.69, 9.17) is 5.84 Å². The average molecular weight is 252 g/mol. The lowest BCUT2D eigenvalue weighted by molar-refractivity contribution is -0.187. The summed E-state index contributed by atoms with van der Waals surface area (Å²) in [5.41, 5.74) is 2.73. The second kappa shape index (κ2) is 6.05. The molecule has 1 fully saturated rings. The van der Waals surface area contributed by atoms with Gasteiger partial charge in [0.25, 0.3) is 0 Å². The third kappa shape index (κ3) is 3.85. The van der Waals surface area contributed by atoms with Crippen molar-refractivity contribution in [3.05, 3.63) is 0 Å². The Balaban J connectivity index is 2.64. The Bertz CT molecular complexity index is 230. The molecule has 4 atom stereocenters. The molecular weight excluding hydrogens is 229 g/mol. The van der Waals surface area contributed by atoms with Crippen molar-refractivity contribution in [3.8, 4) is 0 Å². The van der Waals surface area contributed by atoms with Gasteiger partial charge in [0.05, 0.1) is 5.92 Å². The maximum absolute atomic E-state index is 12.7. The lowest BCUT2D eigenvalue weighted by atomic mass is 9.74. The van der Waals surface area contributed by atoms with Crippen LogP contribution >= 0.6 is 0 Å². The lowest BCUT2D eigenvalue weighted by Crippen LogP contribution is -2.47. The summed E-state index contributed by atoms with van der Waals surface area (Å²) >= 11 is 0. The molecule has 0 spiro atoms. The predicted octanol–water partition coefficient (Wildman–Crippen LogP) is 3.23. The molecule has 0 saturated heterocycles. The van der Waals surface area contributed by atoms with Crippen LogP contribution < -0.4 is 11.3 Å². The van der Waals surface area contributed by atoms with Gasteiger partial charge in [-0.1, -0.05) is 26.7 Å². The molecule has 1 aliphatic rings. The number of hydrogen-bond acceptors (Lipinski definition) is 2. The zero-order valence-electron chi connectivity index (χ0n) is 10.6. The molecule has 0 aromatic heterocycles. The van der Waals surface area contributed by atoms with E-state index in [0.29, 0.717) is 12.3 Å². The fourth-order valence-corrected chi connectivity index (χ4v) is 2.87. The van der Waals surface area contributed by atoms with E-state index in [0.717, 1.165) is 12.8 Å². The van der Waals surface area contributed by atoms with Crippen molar-refractivity contribution in [2.24, 2.45) is 23.6 Å². The van der Waals surface area contributed by atoms with E-state index in [2.05, 4.69) is 5.43 Å². The smallest absolute Gasteiger partial charge is 0.271 e. The van der Waals surface area contributed by atoms with Crippen molar-refractivity contribution in [2.45, 2.75) is 58.2 Å². The SMILES string of the molecule is CCC(C)C(NN)C1CCCC(C(F)(F)F)C1. The highest BCUT2D eigenvalue weighted by Gasteiger charge is 2.43.